The molecule has 11 rings (SSSR count). The summed E-state index contributed by atoms with van der Waals surface area (Å²) in [5.41, 5.74) is 13.6. The first-order chi connectivity index (χ1) is 27.2. The highest BCUT2D eigenvalue weighted by Gasteiger charge is 2.18. The molecule has 3 nitrogen and oxygen atoms in total. The SMILES string of the molecule is c1cc(-c2ccc3c(c2)oc2ccccc23)cc(N(c2ccc(-c3ccc4ccccc4c3)cc2)c2cccc(-c3cccc4oc5ccccc5c34)c2)c1. The number of nitrogens with zero attached hydrogens (tertiary/aromatic N) is 1. The van der Waals surface area contributed by atoms with Gasteiger partial charge in [0, 0.05) is 38.6 Å². The third-order valence-corrected chi connectivity index (χ3v) is 10.8. The van der Waals surface area contributed by atoms with E-state index in [0.29, 0.717) is 0 Å². The second-order valence-corrected chi connectivity index (χ2v) is 14.1. The van der Waals surface area contributed by atoms with E-state index in [0.717, 1.165) is 83.2 Å². The lowest BCUT2D eigenvalue weighted by Gasteiger charge is -2.27. The molecule has 0 fully saturated rings. The Morgan fingerprint density at radius 1 is 0.291 bits per heavy atom. The molecule has 0 spiro atoms. The predicted octanol–water partition coefficient (Wildman–Crippen LogP) is 15.1. The summed E-state index contributed by atoms with van der Waals surface area (Å²) in [6, 6.07) is 71.1. The normalized spacial score (nSPS) is 11.6. The van der Waals surface area contributed by atoms with Gasteiger partial charge in [0.25, 0.3) is 0 Å². The van der Waals surface area contributed by atoms with Gasteiger partial charge in [-0.1, -0.05) is 127 Å². The number of fused-ring (bicyclic) bond motifs is 7. The van der Waals surface area contributed by atoms with Crippen molar-refractivity contribution >= 4 is 71.7 Å². The van der Waals surface area contributed by atoms with Crippen LogP contribution in [0.1, 0.15) is 0 Å². The average molecular weight is 704 g/mol. The zero-order chi connectivity index (χ0) is 36.3. The molecule has 0 aliphatic rings. The van der Waals surface area contributed by atoms with Crippen LogP contribution in [0, 0.1) is 0 Å². The quantitative estimate of drug-likeness (QED) is 0.173. The predicted molar refractivity (Wildman–Crippen MR) is 229 cm³/mol. The van der Waals surface area contributed by atoms with E-state index in [1.165, 1.54) is 21.9 Å². The number of hydrogen-bond acceptors (Lipinski definition) is 3. The number of para-hydroxylation sites is 2. The second kappa shape index (κ2) is 12.6. The maximum absolute atomic E-state index is 6.29. The van der Waals surface area contributed by atoms with Gasteiger partial charge in [0.15, 0.2) is 0 Å². The highest BCUT2D eigenvalue weighted by atomic mass is 16.3. The van der Waals surface area contributed by atoms with E-state index in [1.807, 2.05) is 24.3 Å². The molecule has 2 aromatic heterocycles. The van der Waals surface area contributed by atoms with Gasteiger partial charge in [-0.15, -0.1) is 0 Å². The maximum Gasteiger partial charge on any atom is 0.136 e. The summed E-state index contributed by atoms with van der Waals surface area (Å²) in [7, 11) is 0. The molecular formula is C52H33NO2. The third kappa shape index (κ3) is 5.36. The summed E-state index contributed by atoms with van der Waals surface area (Å²) in [4.78, 5) is 2.35. The van der Waals surface area contributed by atoms with Crippen LogP contribution >= 0.6 is 0 Å². The maximum atomic E-state index is 6.29. The highest BCUT2D eigenvalue weighted by molar-refractivity contribution is 6.12. The van der Waals surface area contributed by atoms with Crippen molar-refractivity contribution in [2.24, 2.45) is 0 Å². The first kappa shape index (κ1) is 31.2. The molecule has 55 heavy (non-hydrogen) atoms. The molecule has 0 aliphatic heterocycles. The molecule has 0 radical (unpaired) electrons. The van der Waals surface area contributed by atoms with Crippen molar-refractivity contribution in [2.45, 2.75) is 0 Å². The van der Waals surface area contributed by atoms with E-state index < -0.39 is 0 Å². The average Bonchev–Trinajstić information content (AvgIpc) is 3.82. The van der Waals surface area contributed by atoms with E-state index >= 15 is 0 Å². The molecule has 0 aliphatic carbocycles. The fraction of sp³-hybridized carbons (Fsp3) is 0. The van der Waals surface area contributed by atoms with E-state index in [9.17, 15) is 0 Å². The van der Waals surface area contributed by atoms with Gasteiger partial charge >= 0.3 is 0 Å². The number of rotatable bonds is 6. The fourth-order valence-electron chi connectivity index (χ4n) is 8.18. The standard InChI is InChI=1S/C52H33NO2/c1-2-11-36-30-38(23-22-34(36)10-1)35-24-27-41(28-25-35)53(42-14-7-12-37(31-42)39-26-29-46-45-16-3-5-19-48(45)55-51(46)33-39)43-15-8-13-40(32-43)44-18-9-21-50-52(44)47-17-4-6-20-49(47)54-50/h1-33H. The smallest absolute Gasteiger partial charge is 0.136 e. The van der Waals surface area contributed by atoms with Crippen molar-refractivity contribution < 1.29 is 8.83 Å². The lowest BCUT2D eigenvalue weighted by atomic mass is 9.98. The van der Waals surface area contributed by atoms with Gasteiger partial charge in [0.05, 0.1) is 0 Å². The highest BCUT2D eigenvalue weighted by Crippen LogP contribution is 2.42. The molecule has 0 saturated heterocycles. The van der Waals surface area contributed by atoms with E-state index in [-0.39, 0.29) is 0 Å². The van der Waals surface area contributed by atoms with E-state index in [2.05, 4.69) is 181 Å². The molecule has 0 atom stereocenters. The van der Waals surface area contributed by atoms with Gasteiger partial charge in [-0.05, 0) is 117 Å². The van der Waals surface area contributed by atoms with Crippen LogP contribution in [0.25, 0.3) is 88.0 Å². The van der Waals surface area contributed by atoms with Gasteiger partial charge in [-0.3, -0.25) is 0 Å². The lowest BCUT2D eigenvalue weighted by Crippen LogP contribution is -2.10. The summed E-state index contributed by atoms with van der Waals surface area (Å²) in [5, 5.41) is 6.99. The molecule has 258 valence electrons. The molecule has 0 saturated carbocycles. The van der Waals surface area contributed by atoms with E-state index in [1.54, 1.807) is 0 Å². The van der Waals surface area contributed by atoms with Crippen molar-refractivity contribution in [3.05, 3.63) is 200 Å². The van der Waals surface area contributed by atoms with Gasteiger partial charge in [0.2, 0.25) is 0 Å². The summed E-state index contributed by atoms with van der Waals surface area (Å²) >= 11 is 0. The summed E-state index contributed by atoms with van der Waals surface area (Å²) in [6.07, 6.45) is 0. The van der Waals surface area contributed by atoms with Crippen LogP contribution in [0.3, 0.4) is 0 Å². The Morgan fingerprint density at radius 3 is 1.69 bits per heavy atom. The Kier molecular flexibility index (Phi) is 7.17. The van der Waals surface area contributed by atoms with Crippen molar-refractivity contribution in [1.29, 1.82) is 0 Å². The Labute approximate surface area is 317 Å². The Bertz CT molecular complexity index is 3220. The monoisotopic (exact) mass is 703 g/mol. The molecule has 11 aromatic rings. The van der Waals surface area contributed by atoms with Crippen LogP contribution < -0.4 is 4.90 Å². The van der Waals surface area contributed by atoms with Crippen molar-refractivity contribution in [1.82, 2.24) is 0 Å². The fourth-order valence-corrected chi connectivity index (χ4v) is 8.18. The van der Waals surface area contributed by atoms with Gasteiger partial charge in [-0.2, -0.15) is 0 Å². The van der Waals surface area contributed by atoms with Crippen LogP contribution in [-0.4, -0.2) is 0 Å². The minimum atomic E-state index is 0.888. The summed E-state index contributed by atoms with van der Waals surface area (Å²) in [5.74, 6) is 0. The van der Waals surface area contributed by atoms with E-state index in [4.69, 9.17) is 8.83 Å². The van der Waals surface area contributed by atoms with Crippen LogP contribution in [-0.2, 0) is 0 Å². The second-order valence-electron chi connectivity index (χ2n) is 14.1. The largest absolute Gasteiger partial charge is 0.456 e. The molecule has 0 amide bonds. The molecule has 3 heteroatoms. The molecule has 0 bridgehead atoms. The van der Waals surface area contributed by atoms with Crippen molar-refractivity contribution in [3.63, 3.8) is 0 Å². The first-order valence-electron chi connectivity index (χ1n) is 18.7. The zero-order valence-electron chi connectivity index (χ0n) is 29.8. The molecule has 0 unspecified atom stereocenters. The van der Waals surface area contributed by atoms with Gasteiger partial charge in [-0.25, -0.2) is 0 Å². The van der Waals surface area contributed by atoms with Crippen LogP contribution in [0.4, 0.5) is 17.1 Å². The lowest BCUT2D eigenvalue weighted by molar-refractivity contribution is 0.668. The van der Waals surface area contributed by atoms with Gasteiger partial charge in [0.1, 0.15) is 22.3 Å². The summed E-state index contributed by atoms with van der Waals surface area (Å²) in [6.45, 7) is 0. The Hall–Kier alpha value is -7.36. The Morgan fingerprint density at radius 2 is 0.855 bits per heavy atom. The van der Waals surface area contributed by atoms with Crippen LogP contribution in [0.15, 0.2) is 209 Å². The molecular weight excluding hydrogens is 671 g/mol. The van der Waals surface area contributed by atoms with Crippen molar-refractivity contribution in [3.8, 4) is 33.4 Å². The van der Waals surface area contributed by atoms with Crippen molar-refractivity contribution in [2.75, 3.05) is 4.90 Å². The number of anilines is 3. The first-order valence-corrected chi connectivity index (χ1v) is 18.7. The number of benzene rings is 9. The van der Waals surface area contributed by atoms with Crippen LogP contribution in [0.5, 0.6) is 0 Å². The molecule has 9 aromatic carbocycles. The summed E-state index contributed by atoms with van der Waals surface area (Å²) < 4.78 is 12.6. The van der Waals surface area contributed by atoms with Gasteiger partial charge < -0.3 is 13.7 Å². The van der Waals surface area contributed by atoms with Crippen LogP contribution in [0.2, 0.25) is 0 Å². The third-order valence-electron chi connectivity index (χ3n) is 10.8. The number of furan rings is 2. The zero-order valence-corrected chi connectivity index (χ0v) is 29.8. The number of hydrogen-bond donors (Lipinski definition) is 0. The molecule has 0 N–H and O–H groups in total. The Balaban J connectivity index is 1.05. The topological polar surface area (TPSA) is 29.5 Å². The minimum Gasteiger partial charge on any atom is -0.456 e. The minimum absolute atomic E-state index is 0.888. The molecule has 2 heterocycles.